The number of nitrogens with zero attached hydrogens (tertiary/aromatic N) is 1. The number of rotatable bonds is 5. The average Bonchev–Trinajstić information content (AvgIpc) is 2.83. The molecule has 0 aliphatic rings. The van der Waals surface area contributed by atoms with Crippen LogP contribution in [0, 0.1) is 0 Å². The molecular weight excluding hydrogens is 483 g/mol. The molecule has 2 N–H and O–H groups in total. The summed E-state index contributed by atoms with van der Waals surface area (Å²) in [4.78, 5) is 28.5. The third-order valence-electron chi connectivity index (χ3n) is 5.03. The van der Waals surface area contributed by atoms with E-state index in [9.17, 15) is 22.8 Å². The van der Waals surface area contributed by atoms with Gasteiger partial charge in [0.2, 0.25) is 0 Å². The van der Waals surface area contributed by atoms with Crippen molar-refractivity contribution < 1.29 is 27.5 Å². The third kappa shape index (κ3) is 5.52. The summed E-state index contributed by atoms with van der Waals surface area (Å²) >= 11 is 5.64. The van der Waals surface area contributed by atoms with Crippen LogP contribution in [0.25, 0.3) is 10.8 Å². The molecule has 0 atom stereocenters. The average molecular weight is 500 g/mol. The van der Waals surface area contributed by atoms with Crippen LogP contribution in [-0.4, -0.2) is 23.8 Å². The summed E-state index contributed by atoms with van der Waals surface area (Å²) in [5, 5.41) is 5.99. The van der Waals surface area contributed by atoms with Crippen LogP contribution in [0.1, 0.15) is 26.4 Å². The number of amides is 2. The Kier molecular flexibility index (Phi) is 6.61. The SMILES string of the molecule is CNC(=O)c1cc(Oc2ccc3ccc(C(=O)Nc4ccc(Cl)c(C(F)(F)F)c4)cc3c2)ccn1. The van der Waals surface area contributed by atoms with Gasteiger partial charge in [0.25, 0.3) is 11.8 Å². The van der Waals surface area contributed by atoms with Gasteiger partial charge in [-0.05, 0) is 59.3 Å². The van der Waals surface area contributed by atoms with Crippen molar-refractivity contribution in [2.24, 2.45) is 0 Å². The van der Waals surface area contributed by atoms with Crippen LogP contribution in [0.2, 0.25) is 5.02 Å². The second-order valence-corrected chi connectivity index (χ2v) is 7.84. The first kappa shape index (κ1) is 24.0. The normalized spacial score (nSPS) is 11.2. The van der Waals surface area contributed by atoms with Gasteiger partial charge in [-0.25, -0.2) is 0 Å². The first-order valence-corrected chi connectivity index (χ1v) is 10.6. The van der Waals surface area contributed by atoms with Crippen LogP contribution < -0.4 is 15.4 Å². The Morgan fingerprint density at radius 1 is 0.886 bits per heavy atom. The van der Waals surface area contributed by atoms with Gasteiger partial charge in [0.15, 0.2) is 0 Å². The molecule has 6 nitrogen and oxygen atoms in total. The second kappa shape index (κ2) is 9.63. The summed E-state index contributed by atoms with van der Waals surface area (Å²) in [5.41, 5.74) is -0.633. The fourth-order valence-corrected chi connectivity index (χ4v) is 3.54. The maximum atomic E-state index is 13.1. The van der Waals surface area contributed by atoms with Crippen molar-refractivity contribution in [3.05, 3.63) is 94.8 Å². The second-order valence-electron chi connectivity index (χ2n) is 7.43. The topological polar surface area (TPSA) is 80.3 Å². The largest absolute Gasteiger partial charge is 0.457 e. The number of fused-ring (bicyclic) bond motifs is 1. The molecule has 0 aliphatic heterocycles. The van der Waals surface area contributed by atoms with E-state index >= 15 is 0 Å². The first-order chi connectivity index (χ1) is 16.6. The van der Waals surface area contributed by atoms with Gasteiger partial charge in [-0.2, -0.15) is 13.2 Å². The van der Waals surface area contributed by atoms with Crippen LogP contribution in [0.3, 0.4) is 0 Å². The molecule has 0 bridgehead atoms. The van der Waals surface area contributed by atoms with Crippen molar-refractivity contribution in [3.8, 4) is 11.5 Å². The minimum atomic E-state index is -4.65. The van der Waals surface area contributed by atoms with Gasteiger partial charge in [-0.15, -0.1) is 0 Å². The van der Waals surface area contributed by atoms with E-state index in [1.165, 1.54) is 25.4 Å². The molecule has 10 heteroatoms. The number of ether oxygens (including phenoxy) is 1. The molecule has 3 aromatic carbocycles. The molecule has 0 unspecified atom stereocenters. The van der Waals surface area contributed by atoms with Crippen LogP contribution in [-0.2, 0) is 6.18 Å². The Labute approximate surface area is 202 Å². The summed E-state index contributed by atoms with van der Waals surface area (Å²) in [5.74, 6) is -0.0858. The van der Waals surface area contributed by atoms with Crippen molar-refractivity contribution in [2.45, 2.75) is 6.18 Å². The Balaban J connectivity index is 1.57. The summed E-state index contributed by atoms with van der Waals surface area (Å²) < 4.78 is 45.1. The van der Waals surface area contributed by atoms with Crippen molar-refractivity contribution >= 4 is 39.9 Å². The predicted molar refractivity (Wildman–Crippen MR) is 126 cm³/mol. The number of benzene rings is 3. The van der Waals surface area contributed by atoms with Gasteiger partial charge in [0.05, 0.1) is 10.6 Å². The number of hydrogen-bond acceptors (Lipinski definition) is 4. The molecule has 0 fully saturated rings. The first-order valence-electron chi connectivity index (χ1n) is 10.2. The number of pyridine rings is 1. The lowest BCUT2D eigenvalue weighted by Crippen LogP contribution is -2.18. The van der Waals surface area contributed by atoms with Gasteiger partial charge in [-0.3, -0.25) is 14.6 Å². The fourth-order valence-electron chi connectivity index (χ4n) is 3.32. The van der Waals surface area contributed by atoms with E-state index in [2.05, 4.69) is 15.6 Å². The molecule has 0 saturated carbocycles. The minimum Gasteiger partial charge on any atom is -0.457 e. The zero-order valence-corrected chi connectivity index (χ0v) is 18.9. The number of anilines is 1. The van der Waals surface area contributed by atoms with Crippen LogP contribution in [0.15, 0.2) is 72.9 Å². The smallest absolute Gasteiger partial charge is 0.417 e. The maximum absolute atomic E-state index is 13.1. The highest BCUT2D eigenvalue weighted by molar-refractivity contribution is 6.31. The van der Waals surface area contributed by atoms with Crippen molar-refractivity contribution in [3.63, 3.8) is 0 Å². The number of alkyl halides is 3. The van der Waals surface area contributed by atoms with E-state index in [4.69, 9.17) is 16.3 Å². The standard InChI is InChI=1S/C25H17ClF3N3O3/c1-30-24(34)22-13-19(8-9-31-22)35-18-6-4-14-2-3-15(10-16(14)11-18)23(33)32-17-5-7-21(26)20(12-17)25(27,28)29/h2-13H,1H3,(H,30,34)(H,32,33). The zero-order chi connectivity index (χ0) is 25.2. The summed E-state index contributed by atoms with van der Waals surface area (Å²) in [7, 11) is 1.50. The third-order valence-corrected chi connectivity index (χ3v) is 5.36. The van der Waals surface area contributed by atoms with Gasteiger partial charge in [0.1, 0.15) is 17.2 Å². The highest BCUT2D eigenvalue weighted by Crippen LogP contribution is 2.36. The lowest BCUT2D eigenvalue weighted by molar-refractivity contribution is -0.137. The molecule has 0 radical (unpaired) electrons. The molecule has 1 aromatic heterocycles. The number of halogens is 4. The lowest BCUT2D eigenvalue weighted by atomic mass is 10.1. The summed E-state index contributed by atoms with van der Waals surface area (Å²) in [6.07, 6.45) is -3.20. The molecule has 35 heavy (non-hydrogen) atoms. The number of aromatic nitrogens is 1. The highest BCUT2D eigenvalue weighted by Gasteiger charge is 2.33. The quantitative estimate of drug-likeness (QED) is 0.337. The Bertz CT molecular complexity index is 1440. The summed E-state index contributed by atoms with van der Waals surface area (Å²) in [6, 6.07) is 16.4. The number of hydrogen-bond donors (Lipinski definition) is 2. The van der Waals surface area contributed by atoms with Crippen LogP contribution in [0.4, 0.5) is 18.9 Å². The minimum absolute atomic E-state index is 0.0338. The fraction of sp³-hybridized carbons (Fsp3) is 0.0800. The van der Waals surface area contributed by atoms with E-state index in [0.29, 0.717) is 16.9 Å². The molecule has 2 amide bonds. The molecule has 178 valence electrons. The van der Waals surface area contributed by atoms with Gasteiger partial charge in [-0.1, -0.05) is 23.7 Å². The number of carbonyl (C=O) groups excluding carboxylic acids is 2. The molecule has 0 saturated heterocycles. The molecule has 0 spiro atoms. The number of carbonyl (C=O) groups is 2. The van der Waals surface area contributed by atoms with E-state index in [1.807, 2.05) is 0 Å². The highest BCUT2D eigenvalue weighted by atomic mass is 35.5. The van der Waals surface area contributed by atoms with E-state index in [1.54, 1.807) is 42.5 Å². The zero-order valence-electron chi connectivity index (χ0n) is 18.1. The van der Waals surface area contributed by atoms with E-state index < -0.39 is 22.7 Å². The summed E-state index contributed by atoms with van der Waals surface area (Å²) in [6.45, 7) is 0. The Morgan fingerprint density at radius 2 is 1.63 bits per heavy atom. The van der Waals surface area contributed by atoms with Gasteiger partial charge >= 0.3 is 6.18 Å². The maximum Gasteiger partial charge on any atom is 0.417 e. The molecule has 4 aromatic rings. The van der Waals surface area contributed by atoms with Crippen LogP contribution >= 0.6 is 11.6 Å². The Hall–Kier alpha value is -4.11. The van der Waals surface area contributed by atoms with Crippen molar-refractivity contribution in [2.75, 3.05) is 12.4 Å². The predicted octanol–water partition coefficient (Wildman–Crippen LogP) is 6.31. The van der Waals surface area contributed by atoms with Gasteiger partial charge in [0, 0.05) is 30.6 Å². The monoisotopic (exact) mass is 499 g/mol. The Morgan fingerprint density at radius 3 is 2.37 bits per heavy atom. The number of nitrogens with one attached hydrogen (secondary N) is 2. The van der Waals surface area contributed by atoms with Crippen LogP contribution in [0.5, 0.6) is 11.5 Å². The van der Waals surface area contributed by atoms with Crippen molar-refractivity contribution in [1.29, 1.82) is 0 Å². The molecular formula is C25H17ClF3N3O3. The molecule has 1 heterocycles. The molecule has 0 aliphatic carbocycles. The van der Waals surface area contributed by atoms with E-state index in [0.717, 1.165) is 17.5 Å². The lowest BCUT2D eigenvalue weighted by Gasteiger charge is -2.12. The van der Waals surface area contributed by atoms with Crippen molar-refractivity contribution in [1.82, 2.24) is 10.3 Å². The molecule has 4 rings (SSSR count). The van der Waals surface area contributed by atoms with E-state index in [-0.39, 0.29) is 22.9 Å². The van der Waals surface area contributed by atoms with Gasteiger partial charge < -0.3 is 15.4 Å².